The van der Waals surface area contributed by atoms with Gasteiger partial charge in [0, 0.05) is 13.7 Å². The van der Waals surface area contributed by atoms with Crippen LogP contribution in [-0.4, -0.2) is 32.2 Å². The minimum absolute atomic E-state index is 0.236. The van der Waals surface area contributed by atoms with Crippen molar-refractivity contribution < 1.29 is 19.1 Å². The zero-order valence-electron chi connectivity index (χ0n) is 11.3. The lowest BCUT2D eigenvalue weighted by molar-refractivity contribution is -0.144. The van der Waals surface area contributed by atoms with Crippen molar-refractivity contribution in [1.82, 2.24) is 0 Å². The van der Waals surface area contributed by atoms with Gasteiger partial charge in [-0.2, -0.15) is 0 Å². The first-order valence-corrected chi connectivity index (χ1v) is 6.10. The molecule has 104 valence electrons. The van der Waals surface area contributed by atoms with Gasteiger partial charge in [-0.15, -0.1) is 0 Å². The molecule has 1 aromatic rings. The van der Waals surface area contributed by atoms with Crippen molar-refractivity contribution in [1.29, 1.82) is 0 Å². The Hall–Kier alpha value is -1.72. The van der Waals surface area contributed by atoms with E-state index in [1.54, 1.807) is 14.0 Å². The van der Waals surface area contributed by atoms with Gasteiger partial charge in [0.25, 0.3) is 0 Å². The molecule has 1 rings (SSSR count). The van der Waals surface area contributed by atoms with Crippen LogP contribution in [0.25, 0.3) is 0 Å². The molecule has 5 heteroatoms. The fraction of sp³-hybridized carbons (Fsp3) is 0.429. The molecule has 0 aromatic heterocycles. The molecular formula is C14H19NO4. The van der Waals surface area contributed by atoms with E-state index in [1.807, 2.05) is 30.3 Å². The van der Waals surface area contributed by atoms with Gasteiger partial charge in [-0.3, -0.25) is 0 Å². The van der Waals surface area contributed by atoms with Crippen LogP contribution in [0.4, 0.5) is 0 Å². The van der Waals surface area contributed by atoms with Crippen molar-refractivity contribution in [3.63, 3.8) is 0 Å². The number of ether oxygens (including phenoxy) is 2. The van der Waals surface area contributed by atoms with Crippen molar-refractivity contribution in [2.45, 2.75) is 19.8 Å². The molecule has 19 heavy (non-hydrogen) atoms. The van der Waals surface area contributed by atoms with E-state index in [1.165, 1.54) is 0 Å². The largest absolute Gasteiger partial charge is 0.359 e. The Labute approximate surface area is 113 Å². The van der Waals surface area contributed by atoms with E-state index >= 15 is 0 Å². The summed E-state index contributed by atoms with van der Waals surface area (Å²) < 4.78 is 9.78. The monoisotopic (exact) mass is 265 g/mol. The molecule has 0 spiro atoms. The van der Waals surface area contributed by atoms with Crippen molar-refractivity contribution in [3.05, 3.63) is 35.9 Å². The summed E-state index contributed by atoms with van der Waals surface area (Å²) in [5.74, 6) is -0.365. The summed E-state index contributed by atoms with van der Waals surface area (Å²) >= 11 is 0. The summed E-state index contributed by atoms with van der Waals surface area (Å²) in [6.45, 7) is 2.49. The summed E-state index contributed by atoms with van der Waals surface area (Å²) in [4.78, 5) is 16.2. The van der Waals surface area contributed by atoms with Crippen LogP contribution in [0.15, 0.2) is 35.5 Å². The first-order chi connectivity index (χ1) is 9.24. The van der Waals surface area contributed by atoms with Crippen LogP contribution in [-0.2, 0) is 19.1 Å². The van der Waals surface area contributed by atoms with Crippen molar-refractivity contribution in [2.75, 3.05) is 20.5 Å². The highest BCUT2D eigenvalue weighted by Gasteiger charge is 2.03. The van der Waals surface area contributed by atoms with E-state index < -0.39 is 0 Å². The van der Waals surface area contributed by atoms with E-state index in [4.69, 9.17) is 14.3 Å². The summed E-state index contributed by atoms with van der Waals surface area (Å²) in [5.41, 5.74) is 1.60. The van der Waals surface area contributed by atoms with Crippen LogP contribution in [0.1, 0.15) is 25.3 Å². The molecule has 0 aliphatic rings. The number of carbonyl (C=O) groups is 1. The third-order valence-electron chi connectivity index (χ3n) is 2.35. The summed E-state index contributed by atoms with van der Waals surface area (Å²) in [6, 6.07) is 9.55. The number of benzene rings is 1. The molecule has 0 amide bonds. The average Bonchev–Trinajstić information content (AvgIpc) is 2.45. The number of oxime groups is 1. The van der Waals surface area contributed by atoms with Crippen molar-refractivity contribution in [2.24, 2.45) is 5.16 Å². The van der Waals surface area contributed by atoms with Gasteiger partial charge in [0.15, 0.2) is 0 Å². The van der Waals surface area contributed by atoms with Gasteiger partial charge in [-0.25, -0.2) is 4.79 Å². The topological polar surface area (TPSA) is 57.1 Å². The van der Waals surface area contributed by atoms with Crippen LogP contribution >= 0.6 is 0 Å². The second kappa shape index (κ2) is 9.24. The molecule has 5 nitrogen and oxygen atoms in total. The van der Waals surface area contributed by atoms with Crippen molar-refractivity contribution >= 4 is 11.7 Å². The third-order valence-corrected chi connectivity index (χ3v) is 2.35. The van der Waals surface area contributed by atoms with Crippen LogP contribution in [0, 0.1) is 0 Å². The fourth-order valence-corrected chi connectivity index (χ4v) is 1.36. The summed E-state index contributed by atoms with van der Waals surface area (Å²) in [5, 5.41) is 3.81. The first-order valence-electron chi connectivity index (χ1n) is 6.10. The van der Waals surface area contributed by atoms with Gasteiger partial charge in [0.05, 0.1) is 12.1 Å². The molecule has 0 atom stereocenters. The zero-order chi connectivity index (χ0) is 13.9. The number of methoxy groups -OCH3 is 1. The van der Waals surface area contributed by atoms with E-state index in [2.05, 4.69) is 5.16 Å². The van der Waals surface area contributed by atoms with Crippen LogP contribution in [0.3, 0.4) is 0 Å². The standard InChI is InChI=1S/C14H19NO4/c1-12(13-7-4-3-5-8-13)15-19-14(16)9-6-10-18-11-17-2/h3-5,7-8H,6,9-11H2,1-2H3. The SMILES string of the molecule is COCOCCCC(=O)ON=C(C)c1ccccc1. The van der Waals surface area contributed by atoms with E-state index in [0.717, 1.165) is 5.56 Å². The number of nitrogens with zero attached hydrogens (tertiary/aromatic N) is 1. The van der Waals surface area contributed by atoms with Gasteiger partial charge in [0.2, 0.25) is 0 Å². The maximum atomic E-state index is 11.4. The number of rotatable bonds is 8. The lowest BCUT2D eigenvalue weighted by Crippen LogP contribution is -2.06. The molecule has 0 fully saturated rings. The lowest BCUT2D eigenvalue weighted by atomic mass is 10.1. The number of hydrogen-bond donors (Lipinski definition) is 0. The van der Waals surface area contributed by atoms with E-state index in [9.17, 15) is 4.79 Å². The molecule has 0 N–H and O–H groups in total. The van der Waals surface area contributed by atoms with Gasteiger partial charge in [-0.1, -0.05) is 35.5 Å². The van der Waals surface area contributed by atoms with Gasteiger partial charge in [0.1, 0.15) is 6.79 Å². The summed E-state index contributed by atoms with van der Waals surface area (Å²) in [7, 11) is 1.55. The van der Waals surface area contributed by atoms with Crippen LogP contribution < -0.4 is 0 Å². The van der Waals surface area contributed by atoms with Gasteiger partial charge >= 0.3 is 5.97 Å². The molecule has 0 saturated heterocycles. The first kappa shape index (κ1) is 15.3. The second-order valence-corrected chi connectivity index (χ2v) is 3.92. The Balaban J connectivity index is 2.25. The molecule has 0 aliphatic carbocycles. The Morgan fingerprint density at radius 3 is 2.68 bits per heavy atom. The Morgan fingerprint density at radius 1 is 1.26 bits per heavy atom. The minimum Gasteiger partial charge on any atom is -0.359 e. The molecule has 0 unspecified atom stereocenters. The Kier molecular flexibility index (Phi) is 7.46. The average molecular weight is 265 g/mol. The quantitative estimate of drug-likeness (QED) is 0.238. The van der Waals surface area contributed by atoms with Gasteiger partial charge in [-0.05, 0) is 18.9 Å². The van der Waals surface area contributed by atoms with Crippen LogP contribution in [0.2, 0.25) is 0 Å². The smallest absolute Gasteiger partial charge is 0.335 e. The molecule has 0 saturated carbocycles. The predicted molar refractivity (Wildman–Crippen MR) is 71.8 cm³/mol. The Morgan fingerprint density at radius 2 is 2.00 bits per heavy atom. The molecular weight excluding hydrogens is 246 g/mol. The van der Waals surface area contributed by atoms with Gasteiger partial charge < -0.3 is 14.3 Å². The number of hydrogen-bond acceptors (Lipinski definition) is 5. The zero-order valence-corrected chi connectivity index (χ0v) is 11.3. The Bertz CT molecular complexity index is 403. The predicted octanol–water partition coefficient (Wildman–Crippen LogP) is 2.35. The molecule has 0 heterocycles. The summed E-state index contributed by atoms with van der Waals surface area (Å²) in [6.07, 6.45) is 0.859. The third kappa shape index (κ3) is 6.69. The maximum absolute atomic E-state index is 11.4. The maximum Gasteiger partial charge on any atom is 0.335 e. The van der Waals surface area contributed by atoms with E-state index in [0.29, 0.717) is 18.7 Å². The number of carbonyl (C=O) groups excluding carboxylic acids is 1. The molecule has 1 aromatic carbocycles. The molecule has 0 bridgehead atoms. The highest BCUT2D eigenvalue weighted by Crippen LogP contribution is 2.02. The fourth-order valence-electron chi connectivity index (χ4n) is 1.36. The van der Waals surface area contributed by atoms with E-state index in [-0.39, 0.29) is 19.2 Å². The lowest BCUT2D eigenvalue weighted by Gasteiger charge is -2.02. The highest BCUT2D eigenvalue weighted by atomic mass is 16.7. The van der Waals surface area contributed by atoms with Crippen LogP contribution in [0.5, 0.6) is 0 Å². The second-order valence-electron chi connectivity index (χ2n) is 3.92. The normalized spacial score (nSPS) is 11.4. The minimum atomic E-state index is -0.365. The molecule has 0 aliphatic heterocycles. The van der Waals surface area contributed by atoms with Crippen molar-refractivity contribution in [3.8, 4) is 0 Å². The highest BCUT2D eigenvalue weighted by molar-refractivity contribution is 5.98. The molecule has 0 radical (unpaired) electrons.